The molecule has 0 saturated carbocycles. The van der Waals surface area contributed by atoms with Gasteiger partial charge in [0.15, 0.2) is 6.61 Å². The van der Waals surface area contributed by atoms with E-state index in [2.05, 4.69) is 15.3 Å². The number of nitrogens with one attached hydrogen (secondary N) is 1. The van der Waals surface area contributed by atoms with Gasteiger partial charge in [0.1, 0.15) is 11.6 Å². The zero-order valence-corrected chi connectivity index (χ0v) is 11.2. The second-order valence-electron chi connectivity index (χ2n) is 4.20. The van der Waals surface area contributed by atoms with Crippen molar-refractivity contribution >= 4 is 11.6 Å². The van der Waals surface area contributed by atoms with Gasteiger partial charge in [-0.1, -0.05) is 12.1 Å². The number of aryl methyl sites for hydroxylation is 1. The zero-order chi connectivity index (χ0) is 14.4. The number of rotatable bonds is 5. The first kappa shape index (κ1) is 13.8. The predicted octanol–water partition coefficient (Wildman–Crippen LogP) is 1.06. The fraction of sp³-hybridized carbons (Fsp3) is 0.214. The normalized spacial score (nSPS) is 10.1. The van der Waals surface area contributed by atoms with Gasteiger partial charge in [-0.05, 0) is 25.1 Å². The van der Waals surface area contributed by atoms with Crippen LogP contribution in [0.1, 0.15) is 11.5 Å². The van der Waals surface area contributed by atoms with Crippen LogP contribution in [-0.4, -0.2) is 22.5 Å². The Kier molecular flexibility index (Phi) is 4.49. The molecule has 1 amide bonds. The molecule has 104 valence electrons. The lowest BCUT2D eigenvalue weighted by Gasteiger charge is -2.09. The predicted molar refractivity (Wildman–Crippen MR) is 75.0 cm³/mol. The van der Waals surface area contributed by atoms with Crippen molar-refractivity contribution in [3.05, 3.63) is 48.0 Å². The Balaban J connectivity index is 1.80. The molecule has 6 heteroatoms. The van der Waals surface area contributed by atoms with E-state index in [-0.39, 0.29) is 12.5 Å². The highest BCUT2D eigenvalue weighted by atomic mass is 16.5. The molecule has 0 unspecified atom stereocenters. The van der Waals surface area contributed by atoms with Crippen molar-refractivity contribution in [3.8, 4) is 5.75 Å². The molecule has 0 bridgehead atoms. The van der Waals surface area contributed by atoms with Gasteiger partial charge in [-0.15, -0.1) is 0 Å². The van der Waals surface area contributed by atoms with Crippen molar-refractivity contribution in [2.45, 2.75) is 13.5 Å². The number of benzene rings is 1. The number of hydrogen-bond acceptors (Lipinski definition) is 5. The summed E-state index contributed by atoms with van der Waals surface area (Å²) in [6, 6.07) is 8.80. The minimum absolute atomic E-state index is 0.0850. The summed E-state index contributed by atoms with van der Waals surface area (Å²) in [6.45, 7) is 2.06. The molecule has 2 rings (SSSR count). The second kappa shape index (κ2) is 6.51. The van der Waals surface area contributed by atoms with Crippen LogP contribution in [0.5, 0.6) is 5.75 Å². The highest BCUT2D eigenvalue weighted by Crippen LogP contribution is 2.19. The quantitative estimate of drug-likeness (QED) is 0.794. The fourth-order valence-corrected chi connectivity index (χ4v) is 1.60. The van der Waals surface area contributed by atoms with Crippen LogP contribution in [0.25, 0.3) is 0 Å². The Morgan fingerprint density at radius 3 is 2.90 bits per heavy atom. The highest BCUT2D eigenvalue weighted by Gasteiger charge is 2.05. The molecule has 6 nitrogen and oxygen atoms in total. The van der Waals surface area contributed by atoms with Gasteiger partial charge < -0.3 is 15.8 Å². The average molecular weight is 272 g/mol. The lowest BCUT2D eigenvalue weighted by Crippen LogP contribution is -2.28. The topological polar surface area (TPSA) is 90.1 Å². The van der Waals surface area contributed by atoms with Crippen LogP contribution < -0.4 is 15.8 Å². The minimum Gasteiger partial charge on any atom is -0.482 e. The van der Waals surface area contributed by atoms with Gasteiger partial charge in [0.25, 0.3) is 5.91 Å². The summed E-state index contributed by atoms with van der Waals surface area (Å²) in [7, 11) is 0. The lowest BCUT2D eigenvalue weighted by molar-refractivity contribution is -0.123. The maximum absolute atomic E-state index is 11.7. The second-order valence-corrected chi connectivity index (χ2v) is 4.20. The summed E-state index contributed by atoms with van der Waals surface area (Å²) in [6.07, 6.45) is 1.66. The van der Waals surface area contributed by atoms with E-state index in [4.69, 9.17) is 10.5 Å². The molecular formula is C14H16N4O2. The van der Waals surface area contributed by atoms with Crippen LogP contribution in [0.4, 0.5) is 5.69 Å². The standard InChI is InChI=1S/C14H16N4O2/c1-10-16-7-6-11(18-10)8-17-14(19)9-20-13-5-3-2-4-12(13)15/h2-7H,8-9,15H2,1H3,(H,17,19). The number of carbonyl (C=O) groups excluding carboxylic acids is 1. The number of aromatic nitrogens is 2. The molecular weight excluding hydrogens is 256 g/mol. The Hall–Kier alpha value is -2.63. The highest BCUT2D eigenvalue weighted by molar-refractivity contribution is 5.77. The van der Waals surface area contributed by atoms with Crippen molar-refractivity contribution < 1.29 is 9.53 Å². The van der Waals surface area contributed by atoms with Crippen LogP contribution in [0, 0.1) is 6.92 Å². The molecule has 2 aromatic rings. The average Bonchev–Trinajstić information content (AvgIpc) is 2.44. The fourth-order valence-electron chi connectivity index (χ4n) is 1.60. The van der Waals surface area contributed by atoms with E-state index in [0.717, 1.165) is 5.69 Å². The molecule has 1 aromatic heterocycles. The molecule has 0 aliphatic carbocycles. The Labute approximate surface area is 117 Å². The van der Waals surface area contributed by atoms with Gasteiger partial charge in [-0.3, -0.25) is 4.79 Å². The van der Waals surface area contributed by atoms with Crippen molar-refractivity contribution in [1.82, 2.24) is 15.3 Å². The molecule has 20 heavy (non-hydrogen) atoms. The molecule has 1 aromatic carbocycles. The van der Waals surface area contributed by atoms with E-state index in [9.17, 15) is 4.79 Å². The van der Waals surface area contributed by atoms with Gasteiger partial charge in [0, 0.05) is 6.20 Å². The molecule has 0 saturated heterocycles. The largest absolute Gasteiger partial charge is 0.482 e. The van der Waals surface area contributed by atoms with Gasteiger partial charge in [0.2, 0.25) is 0 Å². The van der Waals surface area contributed by atoms with E-state index in [0.29, 0.717) is 23.8 Å². The van der Waals surface area contributed by atoms with Crippen molar-refractivity contribution in [2.24, 2.45) is 0 Å². The number of carbonyl (C=O) groups is 1. The molecule has 0 aliphatic rings. The molecule has 0 fully saturated rings. The van der Waals surface area contributed by atoms with Gasteiger partial charge in [-0.25, -0.2) is 9.97 Å². The SMILES string of the molecule is Cc1nccc(CNC(=O)COc2ccccc2N)n1. The van der Waals surface area contributed by atoms with Crippen LogP contribution in [0.2, 0.25) is 0 Å². The third-order valence-electron chi connectivity index (χ3n) is 2.58. The molecule has 0 aliphatic heterocycles. The van der Waals surface area contributed by atoms with E-state index in [1.165, 1.54) is 0 Å². The van der Waals surface area contributed by atoms with E-state index >= 15 is 0 Å². The Morgan fingerprint density at radius 2 is 2.15 bits per heavy atom. The van der Waals surface area contributed by atoms with Crippen molar-refractivity contribution in [2.75, 3.05) is 12.3 Å². The number of ether oxygens (including phenoxy) is 1. The summed E-state index contributed by atoms with van der Waals surface area (Å²) in [5.41, 5.74) is 6.98. The molecule has 0 spiro atoms. The van der Waals surface area contributed by atoms with Crippen molar-refractivity contribution in [3.63, 3.8) is 0 Å². The summed E-state index contributed by atoms with van der Waals surface area (Å²) >= 11 is 0. The number of nitrogens with two attached hydrogens (primary N) is 1. The number of nitrogen functional groups attached to an aromatic ring is 1. The first-order chi connectivity index (χ1) is 9.65. The number of anilines is 1. The Bertz CT molecular complexity index is 601. The van der Waals surface area contributed by atoms with E-state index < -0.39 is 0 Å². The third-order valence-corrected chi connectivity index (χ3v) is 2.58. The molecule has 0 radical (unpaired) electrons. The lowest BCUT2D eigenvalue weighted by atomic mass is 10.3. The summed E-state index contributed by atoms with van der Waals surface area (Å²) in [5, 5.41) is 2.72. The summed E-state index contributed by atoms with van der Waals surface area (Å²) in [4.78, 5) is 19.8. The number of nitrogens with zero attached hydrogens (tertiary/aromatic N) is 2. The van der Waals surface area contributed by atoms with Gasteiger partial charge >= 0.3 is 0 Å². The van der Waals surface area contributed by atoms with Crippen LogP contribution in [0.15, 0.2) is 36.5 Å². The van der Waals surface area contributed by atoms with Gasteiger partial charge in [0.05, 0.1) is 17.9 Å². The zero-order valence-electron chi connectivity index (χ0n) is 11.2. The summed E-state index contributed by atoms with van der Waals surface area (Å²) < 4.78 is 5.34. The summed E-state index contributed by atoms with van der Waals surface area (Å²) in [5.74, 6) is 0.940. The van der Waals surface area contributed by atoms with Crippen LogP contribution >= 0.6 is 0 Å². The Morgan fingerprint density at radius 1 is 1.35 bits per heavy atom. The number of hydrogen-bond donors (Lipinski definition) is 2. The van der Waals surface area contributed by atoms with Crippen LogP contribution in [-0.2, 0) is 11.3 Å². The van der Waals surface area contributed by atoms with Crippen molar-refractivity contribution in [1.29, 1.82) is 0 Å². The minimum atomic E-state index is -0.232. The molecule has 1 heterocycles. The maximum atomic E-state index is 11.7. The van der Waals surface area contributed by atoms with E-state index in [1.807, 2.05) is 0 Å². The van der Waals surface area contributed by atoms with Gasteiger partial charge in [-0.2, -0.15) is 0 Å². The number of para-hydroxylation sites is 2. The third kappa shape index (κ3) is 3.94. The van der Waals surface area contributed by atoms with Crippen LogP contribution in [0.3, 0.4) is 0 Å². The number of amides is 1. The maximum Gasteiger partial charge on any atom is 0.258 e. The first-order valence-corrected chi connectivity index (χ1v) is 6.17. The first-order valence-electron chi connectivity index (χ1n) is 6.17. The van der Waals surface area contributed by atoms with E-state index in [1.54, 1.807) is 43.5 Å². The monoisotopic (exact) mass is 272 g/mol. The molecule has 3 N–H and O–H groups in total. The smallest absolute Gasteiger partial charge is 0.258 e. The molecule has 0 atom stereocenters.